The van der Waals surface area contributed by atoms with Crippen LogP contribution in [0.2, 0.25) is 0 Å². The summed E-state index contributed by atoms with van der Waals surface area (Å²) >= 11 is 0. The molecule has 0 saturated heterocycles. The lowest BCUT2D eigenvalue weighted by molar-refractivity contribution is 0.411. The maximum atomic E-state index is 7.08. The summed E-state index contributed by atoms with van der Waals surface area (Å²) in [4.78, 5) is 5.29. The van der Waals surface area contributed by atoms with E-state index in [-0.39, 0.29) is 12.3 Å². The van der Waals surface area contributed by atoms with Crippen molar-refractivity contribution in [2.75, 3.05) is 0 Å². The first-order valence-corrected chi connectivity index (χ1v) is 21.3. The van der Waals surface area contributed by atoms with E-state index in [2.05, 4.69) is 168 Å². The van der Waals surface area contributed by atoms with Crippen LogP contribution in [-0.4, -0.2) is 5.84 Å². The van der Waals surface area contributed by atoms with Crippen LogP contribution >= 0.6 is 0 Å². The molecule has 1 aliphatic rings. The van der Waals surface area contributed by atoms with Gasteiger partial charge in [0.2, 0.25) is 0 Å². The van der Waals surface area contributed by atoms with Gasteiger partial charge in [0.25, 0.3) is 0 Å². The zero-order chi connectivity index (χ0) is 41.4. The molecule has 6 heteroatoms. The van der Waals surface area contributed by atoms with E-state index < -0.39 is 0 Å². The molecule has 2 unspecified atom stereocenters. The molecule has 3 aromatic heterocycles. The Morgan fingerprint density at radius 2 is 0.937 bits per heavy atom. The van der Waals surface area contributed by atoms with E-state index in [1.54, 1.807) is 0 Å². The van der Waals surface area contributed by atoms with Gasteiger partial charge in [0.05, 0.1) is 0 Å². The van der Waals surface area contributed by atoms with E-state index in [1.807, 2.05) is 42.5 Å². The van der Waals surface area contributed by atoms with E-state index in [0.717, 1.165) is 116 Å². The Kier molecular flexibility index (Phi) is 8.01. The Balaban J connectivity index is 1.04. The predicted molar refractivity (Wildman–Crippen MR) is 256 cm³/mol. The summed E-state index contributed by atoms with van der Waals surface area (Å²) < 4.78 is 20.0. The van der Waals surface area contributed by atoms with Gasteiger partial charge in [-0.25, -0.2) is 4.99 Å². The van der Waals surface area contributed by atoms with Crippen molar-refractivity contribution in [3.8, 4) is 33.4 Å². The Bertz CT molecular complexity index is 3750. The van der Waals surface area contributed by atoms with E-state index in [4.69, 9.17) is 18.2 Å². The smallest absolute Gasteiger partial charge is 0.143 e. The fourth-order valence-electron chi connectivity index (χ4n) is 9.69. The maximum Gasteiger partial charge on any atom is 0.143 e. The van der Waals surface area contributed by atoms with Gasteiger partial charge in [0, 0.05) is 49.0 Å². The molecule has 12 aromatic rings. The summed E-state index contributed by atoms with van der Waals surface area (Å²) in [5, 5.41) is 14.0. The molecule has 2 atom stereocenters. The number of furan rings is 3. The Hall–Kier alpha value is -8.19. The SMILES string of the molecule is c1ccc(-c2ccc(C3=NC(c4ccccc4)NC(c4cccc5oc6c(-c7cccc8oc9ccccc9c78)cc(-c7cccc8oc9ccccc9c78)cc6c45)N3)cc2)cc1. The molecule has 9 aromatic carbocycles. The van der Waals surface area contributed by atoms with E-state index in [9.17, 15) is 0 Å². The number of para-hydroxylation sites is 2. The van der Waals surface area contributed by atoms with Crippen LogP contribution in [0.3, 0.4) is 0 Å². The monoisotopic (exact) mass is 811 g/mol. The zero-order valence-corrected chi connectivity index (χ0v) is 33.9. The van der Waals surface area contributed by atoms with Crippen molar-refractivity contribution in [1.29, 1.82) is 0 Å². The average Bonchev–Trinajstić information content (AvgIpc) is 4.06. The number of amidine groups is 1. The second-order valence-electron chi connectivity index (χ2n) is 16.3. The molecule has 0 fully saturated rings. The van der Waals surface area contributed by atoms with Gasteiger partial charge in [-0.15, -0.1) is 0 Å². The normalized spacial score (nSPS) is 15.5. The maximum absolute atomic E-state index is 7.08. The van der Waals surface area contributed by atoms with Crippen molar-refractivity contribution >= 4 is 71.7 Å². The highest BCUT2D eigenvalue weighted by atomic mass is 16.3. The minimum absolute atomic E-state index is 0.306. The lowest BCUT2D eigenvalue weighted by Crippen LogP contribution is -2.45. The molecule has 298 valence electrons. The number of nitrogens with one attached hydrogen (secondary N) is 2. The van der Waals surface area contributed by atoms with Crippen LogP contribution in [0.4, 0.5) is 0 Å². The topological polar surface area (TPSA) is 75.8 Å². The number of benzene rings is 9. The molecule has 13 rings (SSSR count). The first-order chi connectivity index (χ1) is 31.2. The Morgan fingerprint density at radius 3 is 1.65 bits per heavy atom. The van der Waals surface area contributed by atoms with E-state index >= 15 is 0 Å². The summed E-state index contributed by atoms with van der Waals surface area (Å²) in [6, 6.07) is 69.7. The molecule has 0 radical (unpaired) electrons. The molecular formula is C57H37N3O3. The standard InChI is InChI=1S/C57H37N3O3/c1-3-14-34(15-4-1)35-28-30-37(31-29-35)56-58-55(36-16-5-2-6-17-36)59-57(60-56)43-22-13-27-50-53(43)45-33-38(39-20-11-25-48-51(39)41-18-7-9-23-46(41)61-48)32-44(54(45)63-50)40-21-12-26-49-52(40)42-19-8-10-24-47(42)62-49/h1-33,55,57,59H,(H,58,60). The van der Waals surface area contributed by atoms with Crippen LogP contribution in [0.1, 0.15) is 29.0 Å². The highest BCUT2D eigenvalue weighted by Gasteiger charge is 2.29. The minimum Gasteiger partial charge on any atom is -0.456 e. The number of hydrogen-bond donors (Lipinski definition) is 2. The second kappa shape index (κ2) is 14.2. The number of nitrogens with zero attached hydrogens (tertiary/aromatic N) is 1. The van der Waals surface area contributed by atoms with Gasteiger partial charge >= 0.3 is 0 Å². The fraction of sp³-hybridized carbons (Fsp3) is 0.0351. The van der Waals surface area contributed by atoms with Crippen LogP contribution in [0.5, 0.6) is 0 Å². The summed E-state index contributed by atoms with van der Waals surface area (Å²) in [6.45, 7) is 0. The molecule has 1 aliphatic heterocycles. The quantitative estimate of drug-likeness (QED) is 0.175. The van der Waals surface area contributed by atoms with Crippen molar-refractivity contribution in [3.63, 3.8) is 0 Å². The van der Waals surface area contributed by atoms with Gasteiger partial charge < -0.3 is 18.6 Å². The summed E-state index contributed by atoms with van der Waals surface area (Å²) in [7, 11) is 0. The van der Waals surface area contributed by atoms with Gasteiger partial charge in [-0.05, 0) is 75.8 Å². The van der Waals surface area contributed by atoms with Crippen molar-refractivity contribution in [1.82, 2.24) is 10.6 Å². The number of fused-ring (bicyclic) bond motifs is 9. The van der Waals surface area contributed by atoms with Crippen molar-refractivity contribution in [3.05, 3.63) is 217 Å². The van der Waals surface area contributed by atoms with E-state index in [0.29, 0.717) is 0 Å². The molecule has 63 heavy (non-hydrogen) atoms. The first-order valence-electron chi connectivity index (χ1n) is 21.3. The highest BCUT2D eigenvalue weighted by molar-refractivity contribution is 6.20. The van der Waals surface area contributed by atoms with Gasteiger partial charge in [0.15, 0.2) is 0 Å². The number of rotatable bonds is 6. The number of hydrogen-bond acceptors (Lipinski definition) is 6. The molecule has 0 aliphatic carbocycles. The van der Waals surface area contributed by atoms with E-state index in [1.165, 1.54) is 5.56 Å². The van der Waals surface area contributed by atoms with Crippen molar-refractivity contribution in [2.45, 2.75) is 12.3 Å². The van der Waals surface area contributed by atoms with Gasteiger partial charge in [-0.2, -0.15) is 0 Å². The van der Waals surface area contributed by atoms with Crippen molar-refractivity contribution < 1.29 is 13.3 Å². The third kappa shape index (κ3) is 5.80. The van der Waals surface area contributed by atoms with Crippen LogP contribution in [0, 0.1) is 0 Å². The third-order valence-electron chi connectivity index (χ3n) is 12.6. The summed E-state index contributed by atoms with van der Waals surface area (Å²) in [5.41, 5.74) is 14.7. The van der Waals surface area contributed by atoms with Crippen LogP contribution in [0.25, 0.3) is 99.2 Å². The van der Waals surface area contributed by atoms with Crippen LogP contribution < -0.4 is 10.6 Å². The first kappa shape index (κ1) is 35.6. The van der Waals surface area contributed by atoms with Crippen LogP contribution in [0.15, 0.2) is 218 Å². The van der Waals surface area contributed by atoms with Gasteiger partial charge in [0.1, 0.15) is 51.7 Å². The second-order valence-corrected chi connectivity index (χ2v) is 16.3. The van der Waals surface area contributed by atoms with Crippen LogP contribution in [-0.2, 0) is 0 Å². The molecular weight excluding hydrogens is 775 g/mol. The Morgan fingerprint density at radius 1 is 0.381 bits per heavy atom. The average molecular weight is 812 g/mol. The van der Waals surface area contributed by atoms with Gasteiger partial charge in [-0.3, -0.25) is 5.32 Å². The predicted octanol–water partition coefficient (Wildman–Crippen LogP) is 14.7. The van der Waals surface area contributed by atoms with Crippen molar-refractivity contribution in [2.24, 2.45) is 4.99 Å². The summed E-state index contributed by atoms with van der Waals surface area (Å²) in [5.74, 6) is 0.815. The molecule has 6 nitrogen and oxygen atoms in total. The molecule has 0 amide bonds. The molecule has 0 saturated carbocycles. The fourth-order valence-corrected chi connectivity index (χ4v) is 9.69. The Labute approximate surface area is 361 Å². The minimum atomic E-state index is -0.324. The highest BCUT2D eigenvalue weighted by Crippen LogP contribution is 2.47. The lowest BCUT2D eigenvalue weighted by atomic mass is 9.91. The zero-order valence-electron chi connectivity index (χ0n) is 33.9. The molecule has 4 heterocycles. The molecule has 0 spiro atoms. The summed E-state index contributed by atoms with van der Waals surface area (Å²) in [6.07, 6.45) is -0.629. The third-order valence-corrected chi connectivity index (χ3v) is 12.6. The molecule has 0 bridgehead atoms. The lowest BCUT2D eigenvalue weighted by Gasteiger charge is -2.32. The largest absolute Gasteiger partial charge is 0.456 e. The molecule has 2 N–H and O–H groups in total. The number of aliphatic imine (C=N–C) groups is 1. The van der Waals surface area contributed by atoms with Gasteiger partial charge in [-0.1, -0.05) is 158 Å².